The van der Waals surface area contributed by atoms with Gasteiger partial charge in [0.25, 0.3) is 5.91 Å². The van der Waals surface area contributed by atoms with Crippen LogP contribution in [0.15, 0.2) is 58.2 Å². The van der Waals surface area contributed by atoms with Gasteiger partial charge in [-0.1, -0.05) is 54.0 Å². The standard InChI is InChI=1S/C22H22BrN3O2/c1-14(2)18-11-19(23)15(3)10-20(18)28-13-21(27)26-25-12-17-7-4-6-16-8-5-9-24-22(16)17/h4-12,14H,13H2,1-3H3,(H,26,27). The highest BCUT2D eigenvalue weighted by atomic mass is 79.9. The maximum atomic E-state index is 12.1. The zero-order valence-electron chi connectivity index (χ0n) is 16.1. The monoisotopic (exact) mass is 439 g/mol. The highest BCUT2D eigenvalue weighted by molar-refractivity contribution is 9.10. The summed E-state index contributed by atoms with van der Waals surface area (Å²) in [6.45, 7) is 6.06. The molecule has 0 fully saturated rings. The molecule has 1 heterocycles. The van der Waals surface area contributed by atoms with Gasteiger partial charge in [-0.25, -0.2) is 5.43 Å². The second kappa shape index (κ2) is 8.97. The molecular formula is C22H22BrN3O2. The van der Waals surface area contributed by atoms with E-state index >= 15 is 0 Å². The highest BCUT2D eigenvalue weighted by Crippen LogP contribution is 2.32. The molecule has 0 saturated carbocycles. The van der Waals surface area contributed by atoms with Gasteiger partial charge in [-0.2, -0.15) is 5.10 Å². The average molecular weight is 440 g/mol. The fourth-order valence-electron chi connectivity index (χ4n) is 2.83. The number of rotatable bonds is 6. The van der Waals surface area contributed by atoms with Gasteiger partial charge < -0.3 is 4.74 Å². The van der Waals surface area contributed by atoms with E-state index in [0.29, 0.717) is 5.75 Å². The number of para-hydroxylation sites is 1. The van der Waals surface area contributed by atoms with Crippen LogP contribution in [0.25, 0.3) is 10.9 Å². The topological polar surface area (TPSA) is 63.6 Å². The van der Waals surface area contributed by atoms with Crippen LogP contribution in [0.1, 0.15) is 36.5 Å². The molecule has 0 aliphatic carbocycles. The third-order valence-corrected chi connectivity index (χ3v) is 5.18. The van der Waals surface area contributed by atoms with Crippen molar-refractivity contribution in [3.8, 4) is 5.75 Å². The lowest BCUT2D eigenvalue weighted by Crippen LogP contribution is -2.25. The van der Waals surface area contributed by atoms with Crippen molar-refractivity contribution in [2.45, 2.75) is 26.7 Å². The van der Waals surface area contributed by atoms with Crippen molar-refractivity contribution in [2.75, 3.05) is 6.61 Å². The minimum absolute atomic E-state index is 0.105. The van der Waals surface area contributed by atoms with Gasteiger partial charge in [0.1, 0.15) is 5.75 Å². The zero-order chi connectivity index (χ0) is 20.1. The summed E-state index contributed by atoms with van der Waals surface area (Å²) in [5.41, 5.74) is 6.29. The Hall–Kier alpha value is -2.73. The van der Waals surface area contributed by atoms with E-state index in [0.717, 1.165) is 32.1 Å². The first-order chi connectivity index (χ1) is 13.5. The second-order valence-electron chi connectivity index (χ2n) is 6.80. The van der Waals surface area contributed by atoms with E-state index < -0.39 is 0 Å². The number of halogens is 1. The summed E-state index contributed by atoms with van der Waals surface area (Å²) in [4.78, 5) is 16.5. The molecule has 3 rings (SSSR count). The molecule has 0 spiro atoms. The van der Waals surface area contributed by atoms with Crippen molar-refractivity contribution < 1.29 is 9.53 Å². The predicted octanol–water partition coefficient (Wildman–Crippen LogP) is 4.96. The van der Waals surface area contributed by atoms with E-state index in [1.807, 2.05) is 49.4 Å². The number of pyridine rings is 1. The molecule has 0 bridgehead atoms. The molecule has 0 saturated heterocycles. The lowest BCUT2D eigenvalue weighted by atomic mass is 10.0. The molecule has 1 N–H and O–H groups in total. The van der Waals surface area contributed by atoms with Gasteiger partial charge in [-0.05, 0) is 42.2 Å². The Balaban J connectivity index is 1.64. The Labute approximate surface area is 173 Å². The van der Waals surface area contributed by atoms with Crippen LogP contribution in [0.2, 0.25) is 0 Å². The number of aryl methyl sites for hydroxylation is 1. The maximum Gasteiger partial charge on any atom is 0.277 e. The molecule has 1 aromatic heterocycles. The molecule has 0 unspecified atom stereocenters. The summed E-state index contributed by atoms with van der Waals surface area (Å²) in [7, 11) is 0. The minimum Gasteiger partial charge on any atom is -0.483 e. The van der Waals surface area contributed by atoms with Crippen LogP contribution in [0, 0.1) is 6.92 Å². The number of fused-ring (bicyclic) bond motifs is 1. The van der Waals surface area contributed by atoms with Gasteiger partial charge in [0.05, 0.1) is 11.7 Å². The van der Waals surface area contributed by atoms with Gasteiger partial charge in [0, 0.05) is 21.6 Å². The number of ether oxygens (including phenoxy) is 1. The summed E-state index contributed by atoms with van der Waals surface area (Å²) in [5.74, 6) is 0.680. The molecule has 0 atom stereocenters. The molecule has 0 radical (unpaired) electrons. The Bertz CT molecular complexity index is 1030. The van der Waals surface area contributed by atoms with Crippen LogP contribution in [0.5, 0.6) is 5.75 Å². The molecule has 6 heteroatoms. The van der Waals surface area contributed by atoms with Crippen LogP contribution in [0.3, 0.4) is 0 Å². The molecule has 2 aromatic carbocycles. The van der Waals surface area contributed by atoms with E-state index in [1.165, 1.54) is 0 Å². The number of nitrogens with one attached hydrogen (secondary N) is 1. The lowest BCUT2D eigenvalue weighted by molar-refractivity contribution is -0.123. The largest absolute Gasteiger partial charge is 0.483 e. The first kappa shape index (κ1) is 20.0. The van der Waals surface area contributed by atoms with Crippen LogP contribution in [-0.2, 0) is 4.79 Å². The van der Waals surface area contributed by atoms with Gasteiger partial charge in [-0.15, -0.1) is 0 Å². The Morgan fingerprint density at radius 3 is 2.86 bits per heavy atom. The van der Waals surface area contributed by atoms with Crippen molar-refractivity contribution in [1.29, 1.82) is 0 Å². The summed E-state index contributed by atoms with van der Waals surface area (Å²) >= 11 is 3.54. The second-order valence-corrected chi connectivity index (χ2v) is 7.65. The number of aromatic nitrogens is 1. The fraction of sp³-hybridized carbons (Fsp3) is 0.227. The highest BCUT2D eigenvalue weighted by Gasteiger charge is 2.12. The van der Waals surface area contributed by atoms with Crippen LogP contribution in [-0.4, -0.2) is 23.7 Å². The number of carbonyl (C=O) groups excluding carboxylic acids is 1. The van der Waals surface area contributed by atoms with Crippen molar-refractivity contribution >= 4 is 39.0 Å². The zero-order valence-corrected chi connectivity index (χ0v) is 17.7. The van der Waals surface area contributed by atoms with Gasteiger partial charge in [-0.3, -0.25) is 9.78 Å². The smallest absolute Gasteiger partial charge is 0.277 e. The molecule has 1 amide bonds. The number of nitrogens with zero attached hydrogens (tertiary/aromatic N) is 2. The normalized spacial score (nSPS) is 11.3. The Morgan fingerprint density at radius 2 is 2.07 bits per heavy atom. The van der Waals surface area contributed by atoms with Crippen molar-refractivity contribution in [3.05, 3.63) is 69.8 Å². The van der Waals surface area contributed by atoms with Crippen LogP contribution >= 0.6 is 15.9 Å². The number of hydrogen-bond acceptors (Lipinski definition) is 4. The Kier molecular flexibility index (Phi) is 6.41. The summed E-state index contributed by atoms with van der Waals surface area (Å²) < 4.78 is 6.78. The van der Waals surface area contributed by atoms with Crippen molar-refractivity contribution in [2.24, 2.45) is 5.10 Å². The third-order valence-electron chi connectivity index (χ3n) is 4.33. The first-order valence-electron chi connectivity index (χ1n) is 9.04. The summed E-state index contributed by atoms with van der Waals surface area (Å²) in [6, 6.07) is 13.7. The van der Waals surface area contributed by atoms with Gasteiger partial charge in [0.15, 0.2) is 6.61 Å². The minimum atomic E-state index is -0.320. The van der Waals surface area contributed by atoms with Crippen molar-refractivity contribution in [1.82, 2.24) is 10.4 Å². The number of hydrazone groups is 1. The lowest BCUT2D eigenvalue weighted by Gasteiger charge is -2.15. The predicted molar refractivity (Wildman–Crippen MR) is 116 cm³/mol. The molecule has 3 aromatic rings. The quantitative estimate of drug-likeness (QED) is 0.436. The Morgan fingerprint density at radius 1 is 1.29 bits per heavy atom. The SMILES string of the molecule is Cc1cc(OCC(=O)NN=Cc2cccc3cccnc23)c(C(C)C)cc1Br. The number of benzene rings is 2. The van der Waals surface area contributed by atoms with E-state index in [4.69, 9.17) is 4.74 Å². The van der Waals surface area contributed by atoms with Crippen molar-refractivity contribution in [3.63, 3.8) is 0 Å². The molecule has 144 valence electrons. The molecule has 28 heavy (non-hydrogen) atoms. The molecule has 5 nitrogen and oxygen atoms in total. The fourth-order valence-corrected chi connectivity index (χ4v) is 3.19. The molecule has 0 aliphatic rings. The van der Waals surface area contributed by atoms with E-state index in [2.05, 4.69) is 45.3 Å². The maximum absolute atomic E-state index is 12.1. The van der Waals surface area contributed by atoms with E-state index in [-0.39, 0.29) is 18.4 Å². The van der Waals surface area contributed by atoms with Gasteiger partial charge in [0.2, 0.25) is 0 Å². The third kappa shape index (κ3) is 4.75. The number of hydrogen-bond donors (Lipinski definition) is 1. The van der Waals surface area contributed by atoms with Crippen LogP contribution in [0.4, 0.5) is 0 Å². The van der Waals surface area contributed by atoms with Crippen LogP contribution < -0.4 is 10.2 Å². The van der Waals surface area contributed by atoms with E-state index in [1.54, 1.807) is 12.4 Å². The summed E-state index contributed by atoms with van der Waals surface area (Å²) in [5, 5.41) is 5.06. The summed E-state index contributed by atoms with van der Waals surface area (Å²) in [6.07, 6.45) is 3.33. The number of carbonyl (C=O) groups is 1. The van der Waals surface area contributed by atoms with E-state index in [9.17, 15) is 4.79 Å². The molecular weight excluding hydrogens is 418 g/mol. The number of amides is 1. The van der Waals surface area contributed by atoms with Gasteiger partial charge >= 0.3 is 0 Å². The first-order valence-corrected chi connectivity index (χ1v) is 9.83. The average Bonchev–Trinajstić information content (AvgIpc) is 2.68. The molecule has 0 aliphatic heterocycles.